The molecule has 8 heteroatoms. The lowest BCUT2D eigenvalue weighted by Gasteiger charge is -2.11. The molecule has 0 saturated carbocycles. The lowest BCUT2D eigenvalue weighted by molar-refractivity contribution is 0.415. The summed E-state index contributed by atoms with van der Waals surface area (Å²) in [7, 11) is -1.88. The molecule has 21 heavy (non-hydrogen) atoms. The fourth-order valence-electron chi connectivity index (χ4n) is 1.77. The molecule has 112 valence electrons. The van der Waals surface area contributed by atoms with Crippen molar-refractivity contribution in [2.24, 2.45) is 0 Å². The van der Waals surface area contributed by atoms with E-state index in [1.807, 2.05) is 0 Å². The molecule has 0 atom stereocenters. The SMILES string of the molecule is COc1cc(NS(C)(=O)=O)cc(-c2cc(Br)cnc2Cl)c1. The fraction of sp³-hybridized carbons (Fsp3) is 0.154. The minimum absolute atomic E-state index is 0.316. The van der Waals surface area contributed by atoms with Gasteiger partial charge < -0.3 is 4.74 Å². The first-order valence-electron chi connectivity index (χ1n) is 5.77. The molecule has 1 heterocycles. The van der Waals surface area contributed by atoms with Gasteiger partial charge in [-0.25, -0.2) is 13.4 Å². The second kappa shape index (κ2) is 6.21. The highest BCUT2D eigenvalue weighted by Gasteiger charge is 2.11. The zero-order chi connectivity index (χ0) is 15.6. The molecule has 0 aliphatic rings. The van der Waals surface area contributed by atoms with Crippen LogP contribution in [0, 0.1) is 0 Å². The van der Waals surface area contributed by atoms with E-state index < -0.39 is 10.0 Å². The minimum Gasteiger partial charge on any atom is -0.497 e. The summed E-state index contributed by atoms with van der Waals surface area (Å²) in [6, 6.07) is 6.81. The lowest BCUT2D eigenvalue weighted by atomic mass is 10.1. The molecule has 0 unspecified atom stereocenters. The number of nitrogens with zero attached hydrogens (tertiary/aromatic N) is 1. The summed E-state index contributed by atoms with van der Waals surface area (Å²) in [5.41, 5.74) is 1.75. The molecule has 0 aliphatic carbocycles. The Bertz CT molecular complexity index is 781. The van der Waals surface area contributed by atoms with Crippen molar-refractivity contribution in [1.29, 1.82) is 0 Å². The van der Waals surface area contributed by atoms with Crippen molar-refractivity contribution < 1.29 is 13.2 Å². The van der Waals surface area contributed by atoms with Gasteiger partial charge in [0.15, 0.2) is 0 Å². The number of benzene rings is 1. The summed E-state index contributed by atoms with van der Waals surface area (Å²) in [5, 5.41) is 0.316. The number of halogens is 2. The number of hydrogen-bond donors (Lipinski definition) is 1. The van der Waals surface area contributed by atoms with Crippen molar-refractivity contribution in [2.45, 2.75) is 0 Å². The number of methoxy groups -OCH3 is 1. The summed E-state index contributed by atoms with van der Waals surface area (Å²) >= 11 is 9.43. The molecule has 0 amide bonds. The third-order valence-corrected chi connectivity index (χ3v) is 3.90. The smallest absolute Gasteiger partial charge is 0.229 e. The molecule has 0 saturated heterocycles. The van der Waals surface area contributed by atoms with E-state index in [9.17, 15) is 8.42 Å². The van der Waals surface area contributed by atoms with Crippen molar-refractivity contribution >= 4 is 43.2 Å². The van der Waals surface area contributed by atoms with Crippen LogP contribution in [0.3, 0.4) is 0 Å². The number of rotatable bonds is 4. The first-order chi connectivity index (χ1) is 9.78. The quantitative estimate of drug-likeness (QED) is 0.809. The average molecular weight is 392 g/mol. The molecule has 1 aromatic heterocycles. The molecular formula is C13H12BrClN2O3S. The minimum atomic E-state index is -3.38. The van der Waals surface area contributed by atoms with Crippen LogP contribution in [0.4, 0.5) is 5.69 Å². The van der Waals surface area contributed by atoms with Gasteiger partial charge in [0, 0.05) is 22.3 Å². The number of nitrogens with one attached hydrogen (secondary N) is 1. The molecule has 1 aromatic carbocycles. The van der Waals surface area contributed by atoms with Gasteiger partial charge in [-0.3, -0.25) is 4.72 Å². The van der Waals surface area contributed by atoms with Crippen molar-refractivity contribution in [3.8, 4) is 16.9 Å². The first kappa shape index (κ1) is 16.1. The summed E-state index contributed by atoms with van der Waals surface area (Å²) < 4.78 is 31.1. The number of aromatic nitrogens is 1. The Morgan fingerprint density at radius 2 is 2.00 bits per heavy atom. The number of pyridine rings is 1. The van der Waals surface area contributed by atoms with Gasteiger partial charge >= 0.3 is 0 Å². The van der Waals surface area contributed by atoms with Gasteiger partial charge in [0.05, 0.1) is 19.1 Å². The topological polar surface area (TPSA) is 68.3 Å². The Morgan fingerprint density at radius 1 is 1.29 bits per heavy atom. The predicted octanol–water partition coefficient (Wildman–Crippen LogP) is 3.54. The van der Waals surface area contributed by atoms with E-state index in [2.05, 4.69) is 25.6 Å². The molecule has 0 spiro atoms. The second-order valence-corrected chi connectivity index (χ2v) is 7.34. The Kier molecular flexibility index (Phi) is 4.75. The Balaban J connectivity index is 2.58. The van der Waals surface area contributed by atoms with Crippen LogP contribution in [0.1, 0.15) is 0 Å². The summed E-state index contributed by atoms with van der Waals surface area (Å²) in [4.78, 5) is 4.05. The number of anilines is 1. The van der Waals surface area contributed by atoms with E-state index in [0.717, 1.165) is 10.7 Å². The van der Waals surface area contributed by atoms with Crippen LogP contribution in [-0.4, -0.2) is 26.8 Å². The predicted molar refractivity (Wildman–Crippen MR) is 87.4 cm³/mol. The zero-order valence-electron chi connectivity index (χ0n) is 11.2. The normalized spacial score (nSPS) is 11.2. The van der Waals surface area contributed by atoms with E-state index in [4.69, 9.17) is 16.3 Å². The maximum atomic E-state index is 11.4. The van der Waals surface area contributed by atoms with E-state index in [-0.39, 0.29) is 0 Å². The summed E-state index contributed by atoms with van der Waals surface area (Å²) in [6.45, 7) is 0. The van der Waals surface area contributed by atoms with Crippen molar-refractivity contribution in [1.82, 2.24) is 4.98 Å². The van der Waals surface area contributed by atoms with E-state index in [0.29, 0.717) is 27.7 Å². The fourth-order valence-corrected chi connectivity index (χ4v) is 2.86. The number of ether oxygens (including phenoxy) is 1. The van der Waals surface area contributed by atoms with Gasteiger partial charge in [-0.15, -0.1) is 0 Å². The van der Waals surface area contributed by atoms with Gasteiger partial charge in [0.25, 0.3) is 0 Å². The third kappa shape index (κ3) is 4.33. The van der Waals surface area contributed by atoms with Crippen LogP contribution in [0.15, 0.2) is 34.9 Å². The molecule has 5 nitrogen and oxygen atoms in total. The molecule has 0 bridgehead atoms. The largest absolute Gasteiger partial charge is 0.497 e. The van der Waals surface area contributed by atoms with Crippen molar-refractivity contribution in [2.75, 3.05) is 18.1 Å². The maximum Gasteiger partial charge on any atom is 0.229 e. The highest BCUT2D eigenvalue weighted by molar-refractivity contribution is 9.10. The van der Waals surface area contributed by atoms with Crippen LogP contribution < -0.4 is 9.46 Å². The molecule has 0 fully saturated rings. The van der Waals surface area contributed by atoms with E-state index in [1.165, 1.54) is 7.11 Å². The highest BCUT2D eigenvalue weighted by Crippen LogP contribution is 2.33. The Morgan fingerprint density at radius 3 is 2.62 bits per heavy atom. The van der Waals surface area contributed by atoms with Crippen molar-refractivity contribution in [3.05, 3.63) is 40.1 Å². The van der Waals surface area contributed by atoms with Crippen LogP contribution in [0.2, 0.25) is 5.15 Å². The van der Waals surface area contributed by atoms with Gasteiger partial charge in [0.2, 0.25) is 10.0 Å². The van der Waals surface area contributed by atoms with E-state index in [1.54, 1.807) is 30.5 Å². The Labute approximate surface area is 136 Å². The molecule has 0 aliphatic heterocycles. The Hall–Kier alpha value is -1.31. The average Bonchev–Trinajstić information content (AvgIpc) is 2.39. The summed E-state index contributed by atoms with van der Waals surface area (Å²) in [5.74, 6) is 0.509. The molecule has 1 N–H and O–H groups in total. The van der Waals surface area contributed by atoms with Crippen LogP contribution in [-0.2, 0) is 10.0 Å². The maximum absolute atomic E-state index is 11.4. The third-order valence-electron chi connectivity index (χ3n) is 2.56. The van der Waals surface area contributed by atoms with Gasteiger partial charge in [0.1, 0.15) is 10.9 Å². The van der Waals surface area contributed by atoms with Crippen LogP contribution in [0.25, 0.3) is 11.1 Å². The standard InChI is InChI=1S/C13H12BrClN2O3S/c1-20-11-4-8(3-10(6-11)17-21(2,18)19)12-5-9(14)7-16-13(12)15/h3-7,17H,1-2H3. The first-order valence-corrected chi connectivity index (χ1v) is 8.83. The second-order valence-electron chi connectivity index (χ2n) is 4.32. The lowest BCUT2D eigenvalue weighted by Crippen LogP contribution is -2.09. The van der Waals surface area contributed by atoms with E-state index >= 15 is 0 Å². The van der Waals surface area contributed by atoms with Crippen molar-refractivity contribution in [3.63, 3.8) is 0 Å². The highest BCUT2D eigenvalue weighted by atomic mass is 79.9. The number of hydrogen-bond acceptors (Lipinski definition) is 4. The monoisotopic (exact) mass is 390 g/mol. The zero-order valence-corrected chi connectivity index (χ0v) is 14.4. The summed E-state index contributed by atoms with van der Waals surface area (Å²) in [6.07, 6.45) is 2.67. The van der Waals surface area contributed by atoms with Crippen LogP contribution >= 0.6 is 27.5 Å². The molecule has 2 rings (SSSR count). The van der Waals surface area contributed by atoms with Gasteiger partial charge in [-0.05, 0) is 39.7 Å². The van der Waals surface area contributed by atoms with Gasteiger partial charge in [-0.1, -0.05) is 11.6 Å². The molecule has 0 radical (unpaired) electrons. The number of sulfonamides is 1. The van der Waals surface area contributed by atoms with Gasteiger partial charge in [-0.2, -0.15) is 0 Å². The molecule has 2 aromatic rings. The molecular weight excluding hydrogens is 380 g/mol. The van der Waals surface area contributed by atoms with Crippen LogP contribution in [0.5, 0.6) is 5.75 Å².